The third-order valence-corrected chi connectivity index (χ3v) is 6.87. The Balaban J connectivity index is 1.89. The number of aryl methyl sites for hydroxylation is 2. The molecule has 156 valence electrons. The Labute approximate surface area is 190 Å². The maximum Gasteiger partial charge on any atom is 0.263 e. The SMILES string of the molecule is Cc1ccc(NS(=O)(=O)c2cc(C(=O)Nc3ccc(Cl)c(Cl)c3)ccc2Cl)c(C)c1. The number of hydrogen-bond acceptors (Lipinski definition) is 3. The number of nitrogens with one attached hydrogen (secondary N) is 2. The Morgan fingerprint density at radius 1 is 0.833 bits per heavy atom. The van der Waals surface area contributed by atoms with Gasteiger partial charge in [-0.05, 0) is 61.9 Å². The monoisotopic (exact) mass is 482 g/mol. The van der Waals surface area contributed by atoms with Gasteiger partial charge in [0.2, 0.25) is 0 Å². The highest BCUT2D eigenvalue weighted by atomic mass is 35.5. The number of benzene rings is 3. The minimum absolute atomic E-state index is 0.00153. The van der Waals surface area contributed by atoms with Gasteiger partial charge in [-0.15, -0.1) is 0 Å². The van der Waals surface area contributed by atoms with Gasteiger partial charge in [0.25, 0.3) is 15.9 Å². The Bertz CT molecular complexity index is 1240. The van der Waals surface area contributed by atoms with E-state index in [2.05, 4.69) is 10.0 Å². The maximum absolute atomic E-state index is 12.9. The van der Waals surface area contributed by atoms with E-state index in [0.717, 1.165) is 11.1 Å². The van der Waals surface area contributed by atoms with Crippen LogP contribution in [0.5, 0.6) is 0 Å². The van der Waals surface area contributed by atoms with Crippen molar-refractivity contribution < 1.29 is 13.2 Å². The molecule has 0 unspecified atom stereocenters. The summed E-state index contributed by atoms with van der Waals surface area (Å²) in [6.07, 6.45) is 0. The molecule has 0 radical (unpaired) electrons. The lowest BCUT2D eigenvalue weighted by Gasteiger charge is -2.13. The summed E-state index contributed by atoms with van der Waals surface area (Å²) >= 11 is 18.0. The zero-order valence-electron chi connectivity index (χ0n) is 16.0. The van der Waals surface area contributed by atoms with Crippen LogP contribution in [0.2, 0.25) is 15.1 Å². The van der Waals surface area contributed by atoms with Crippen molar-refractivity contribution in [2.75, 3.05) is 10.0 Å². The van der Waals surface area contributed by atoms with Crippen LogP contribution in [0.1, 0.15) is 21.5 Å². The number of rotatable bonds is 5. The Kier molecular flexibility index (Phi) is 6.62. The number of sulfonamides is 1. The molecular weight excluding hydrogens is 467 g/mol. The van der Waals surface area contributed by atoms with Crippen LogP contribution in [0.4, 0.5) is 11.4 Å². The van der Waals surface area contributed by atoms with Gasteiger partial charge in [-0.1, -0.05) is 52.5 Å². The lowest BCUT2D eigenvalue weighted by molar-refractivity contribution is 0.102. The summed E-state index contributed by atoms with van der Waals surface area (Å²) in [5.74, 6) is -0.520. The molecule has 0 aliphatic carbocycles. The highest BCUT2D eigenvalue weighted by molar-refractivity contribution is 7.92. The predicted molar refractivity (Wildman–Crippen MR) is 123 cm³/mol. The van der Waals surface area contributed by atoms with Gasteiger partial charge in [0, 0.05) is 11.3 Å². The Morgan fingerprint density at radius 3 is 2.20 bits per heavy atom. The van der Waals surface area contributed by atoms with Crippen molar-refractivity contribution in [3.8, 4) is 0 Å². The van der Waals surface area contributed by atoms with E-state index in [4.69, 9.17) is 34.8 Å². The first-order valence-corrected chi connectivity index (χ1v) is 11.3. The molecule has 3 aromatic carbocycles. The van der Waals surface area contributed by atoms with Crippen molar-refractivity contribution in [3.05, 3.63) is 86.4 Å². The van der Waals surface area contributed by atoms with E-state index in [9.17, 15) is 13.2 Å². The van der Waals surface area contributed by atoms with Crippen LogP contribution < -0.4 is 10.0 Å². The first-order chi connectivity index (χ1) is 14.1. The zero-order valence-corrected chi connectivity index (χ0v) is 19.0. The first-order valence-electron chi connectivity index (χ1n) is 8.73. The van der Waals surface area contributed by atoms with Crippen molar-refractivity contribution in [1.82, 2.24) is 0 Å². The molecule has 0 fully saturated rings. The van der Waals surface area contributed by atoms with Crippen molar-refractivity contribution in [1.29, 1.82) is 0 Å². The molecule has 0 bridgehead atoms. The molecular formula is C21H17Cl3N2O3S. The smallest absolute Gasteiger partial charge is 0.263 e. The summed E-state index contributed by atoms with van der Waals surface area (Å²) in [5.41, 5.74) is 2.74. The first kappa shape index (κ1) is 22.4. The van der Waals surface area contributed by atoms with Crippen molar-refractivity contribution >= 4 is 62.1 Å². The van der Waals surface area contributed by atoms with Gasteiger partial charge in [-0.3, -0.25) is 9.52 Å². The molecule has 5 nitrogen and oxygen atoms in total. The molecule has 0 aliphatic rings. The van der Waals surface area contributed by atoms with E-state index >= 15 is 0 Å². The van der Waals surface area contributed by atoms with Crippen molar-refractivity contribution in [3.63, 3.8) is 0 Å². The molecule has 0 saturated carbocycles. The number of carbonyl (C=O) groups excluding carboxylic acids is 1. The molecule has 30 heavy (non-hydrogen) atoms. The standard InChI is InChI=1S/C21H17Cl3N2O3S/c1-12-3-8-19(13(2)9-12)26-30(28,29)20-10-14(4-6-17(20)23)21(27)25-15-5-7-16(22)18(24)11-15/h3-11,26H,1-2H3,(H,25,27). The van der Waals surface area contributed by atoms with E-state index in [1.807, 2.05) is 13.0 Å². The number of amides is 1. The molecule has 0 heterocycles. The number of carbonyl (C=O) groups is 1. The van der Waals surface area contributed by atoms with Gasteiger partial charge >= 0.3 is 0 Å². The number of halogens is 3. The van der Waals surface area contributed by atoms with Crippen LogP contribution in [0.25, 0.3) is 0 Å². The van der Waals surface area contributed by atoms with E-state index in [1.165, 1.54) is 24.3 Å². The quantitative estimate of drug-likeness (QED) is 0.446. The predicted octanol–water partition coefficient (Wildman–Crippen LogP) is 6.32. The summed E-state index contributed by atoms with van der Waals surface area (Å²) in [5, 5.41) is 3.29. The Hall–Kier alpha value is -2.25. The lowest BCUT2D eigenvalue weighted by atomic mass is 10.1. The summed E-state index contributed by atoms with van der Waals surface area (Å²) in [4.78, 5) is 12.4. The minimum Gasteiger partial charge on any atom is -0.322 e. The van der Waals surface area contributed by atoms with Gasteiger partial charge in [0.15, 0.2) is 0 Å². The number of anilines is 2. The van der Waals surface area contributed by atoms with Crippen LogP contribution in [-0.2, 0) is 10.0 Å². The van der Waals surface area contributed by atoms with Gasteiger partial charge in [0.1, 0.15) is 4.90 Å². The highest BCUT2D eigenvalue weighted by Crippen LogP contribution is 2.28. The summed E-state index contributed by atoms with van der Waals surface area (Å²) in [6.45, 7) is 3.71. The summed E-state index contributed by atoms with van der Waals surface area (Å²) < 4.78 is 28.4. The van der Waals surface area contributed by atoms with Crippen LogP contribution >= 0.6 is 34.8 Å². The van der Waals surface area contributed by atoms with E-state index in [1.54, 1.807) is 31.2 Å². The third-order valence-electron chi connectivity index (χ3n) is 4.29. The van der Waals surface area contributed by atoms with Gasteiger partial charge in [-0.25, -0.2) is 8.42 Å². The highest BCUT2D eigenvalue weighted by Gasteiger charge is 2.21. The van der Waals surface area contributed by atoms with E-state index < -0.39 is 15.9 Å². The molecule has 3 aromatic rings. The van der Waals surface area contributed by atoms with Crippen molar-refractivity contribution in [2.24, 2.45) is 0 Å². The molecule has 0 aliphatic heterocycles. The molecule has 2 N–H and O–H groups in total. The maximum atomic E-state index is 12.9. The van der Waals surface area contributed by atoms with Crippen molar-refractivity contribution in [2.45, 2.75) is 18.7 Å². The third kappa shape index (κ3) is 5.08. The number of hydrogen-bond donors (Lipinski definition) is 2. The fourth-order valence-corrected chi connectivity index (χ4v) is 4.71. The summed E-state index contributed by atoms with van der Waals surface area (Å²) in [6, 6.07) is 14.0. The molecule has 0 saturated heterocycles. The zero-order chi connectivity index (χ0) is 22.1. The van der Waals surface area contributed by atoms with Crippen LogP contribution in [0.3, 0.4) is 0 Å². The van der Waals surface area contributed by atoms with Gasteiger partial charge in [0.05, 0.1) is 20.8 Å². The average molecular weight is 484 g/mol. The Morgan fingerprint density at radius 2 is 1.53 bits per heavy atom. The fourth-order valence-electron chi connectivity index (χ4n) is 2.76. The van der Waals surface area contributed by atoms with Crippen LogP contribution in [0, 0.1) is 13.8 Å². The van der Waals surface area contributed by atoms with E-state index in [-0.39, 0.29) is 20.5 Å². The van der Waals surface area contributed by atoms with E-state index in [0.29, 0.717) is 16.4 Å². The molecule has 0 aromatic heterocycles. The molecule has 3 rings (SSSR count). The van der Waals surface area contributed by atoms with Crippen LogP contribution in [0.15, 0.2) is 59.5 Å². The normalized spacial score (nSPS) is 11.2. The molecule has 1 amide bonds. The topological polar surface area (TPSA) is 75.3 Å². The largest absolute Gasteiger partial charge is 0.322 e. The average Bonchev–Trinajstić information content (AvgIpc) is 2.67. The lowest BCUT2D eigenvalue weighted by Crippen LogP contribution is -2.17. The fraction of sp³-hybridized carbons (Fsp3) is 0.0952. The van der Waals surface area contributed by atoms with Crippen LogP contribution in [-0.4, -0.2) is 14.3 Å². The minimum atomic E-state index is -4.02. The van der Waals surface area contributed by atoms with Gasteiger partial charge in [-0.2, -0.15) is 0 Å². The molecule has 9 heteroatoms. The molecule has 0 spiro atoms. The van der Waals surface area contributed by atoms with Gasteiger partial charge < -0.3 is 5.32 Å². The second-order valence-corrected chi connectivity index (χ2v) is 9.52. The second-order valence-electron chi connectivity index (χ2n) is 6.65. The molecule has 0 atom stereocenters. The summed E-state index contributed by atoms with van der Waals surface area (Å²) in [7, 11) is -4.02. The second kappa shape index (κ2) is 8.86.